The third-order valence-corrected chi connectivity index (χ3v) is 6.47. The number of rotatable bonds is 8. The quantitative estimate of drug-likeness (QED) is 0.340. The van der Waals surface area contributed by atoms with Crippen LogP contribution in [-0.2, 0) is 17.7 Å². The Labute approximate surface area is 208 Å². The standard InChI is InChI=1S/C31H32N2O2/c1-2-11-26-21-32(28-13-5-3-6-14-28)23-34-30(26)17-10-9-12-25-18-19-31-27(20-25)22-33(24-35-31)29-15-7-4-8-16-29/h2-8,10,13-20H,1,9,11-12,21-24H2/b17-10-. The molecular formula is C31H32N2O2. The van der Waals surface area contributed by atoms with Gasteiger partial charge in [-0.3, -0.25) is 0 Å². The number of para-hydroxylation sites is 2. The monoisotopic (exact) mass is 464 g/mol. The van der Waals surface area contributed by atoms with E-state index in [0.717, 1.165) is 43.9 Å². The van der Waals surface area contributed by atoms with Crippen LogP contribution in [0, 0.1) is 0 Å². The molecule has 0 spiro atoms. The van der Waals surface area contributed by atoms with Gasteiger partial charge in [-0.2, -0.15) is 0 Å². The van der Waals surface area contributed by atoms with Gasteiger partial charge in [-0.25, -0.2) is 0 Å². The van der Waals surface area contributed by atoms with E-state index in [-0.39, 0.29) is 0 Å². The summed E-state index contributed by atoms with van der Waals surface area (Å²) in [5.74, 6) is 1.98. The molecule has 2 aliphatic rings. The van der Waals surface area contributed by atoms with Crippen molar-refractivity contribution in [1.29, 1.82) is 0 Å². The number of aryl methyl sites for hydroxylation is 1. The maximum Gasteiger partial charge on any atom is 0.161 e. The van der Waals surface area contributed by atoms with Gasteiger partial charge in [0.1, 0.15) is 11.5 Å². The van der Waals surface area contributed by atoms with Gasteiger partial charge in [0.15, 0.2) is 13.5 Å². The molecule has 4 nitrogen and oxygen atoms in total. The van der Waals surface area contributed by atoms with Gasteiger partial charge in [-0.1, -0.05) is 60.7 Å². The first kappa shape index (κ1) is 22.9. The number of benzene rings is 3. The lowest BCUT2D eigenvalue weighted by Crippen LogP contribution is -2.32. The smallest absolute Gasteiger partial charge is 0.161 e. The summed E-state index contributed by atoms with van der Waals surface area (Å²) in [5.41, 5.74) is 6.20. The predicted octanol–water partition coefficient (Wildman–Crippen LogP) is 6.86. The topological polar surface area (TPSA) is 24.9 Å². The lowest BCUT2D eigenvalue weighted by molar-refractivity contribution is 0.205. The second kappa shape index (κ2) is 11.0. The summed E-state index contributed by atoms with van der Waals surface area (Å²) >= 11 is 0. The summed E-state index contributed by atoms with van der Waals surface area (Å²) in [6, 6.07) is 27.4. The number of hydrogen-bond donors (Lipinski definition) is 0. The van der Waals surface area contributed by atoms with Crippen molar-refractivity contribution in [2.75, 3.05) is 29.8 Å². The largest absolute Gasteiger partial charge is 0.473 e. The van der Waals surface area contributed by atoms with Gasteiger partial charge < -0.3 is 19.3 Å². The van der Waals surface area contributed by atoms with Crippen molar-refractivity contribution in [2.45, 2.75) is 25.8 Å². The van der Waals surface area contributed by atoms with E-state index in [0.29, 0.717) is 13.5 Å². The maximum atomic E-state index is 6.14. The predicted molar refractivity (Wildman–Crippen MR) is 144 cm³/mol. The minimum atomic E-state index is 0.563. The average Bonchev–Trinajstić information content (AvgIpc) is 2.92. The van der Waals surface area contributed by atoms with Crippen LogP contribution in [0.25, 0.3) is 0 Å². The summed E-state index contributed by atoms with van der Waals surface area (Å²) < 4.78 is 12.1. The first-order valence-corrected chi connectivity index (χ1v) is 12.3. The van der Waals surface area contributed by atoms with E-state index in [1.165, 1.54) is 28.1 Å². The van der Waals surface area contributed by atoms with Crippen LogP contribution >= 0.6 is 0 Å². The zero-order valence-corrected chi connectivity index (χ0v) is 20.1. The summed E-state index contributed by atoms with van der Waals surface area (Å²) in [6.45, 7) is 6.81. The molecule has 0 saturated carbocycles. The zero-order chi connectivity index (χ0) is 23.9. The number of nitrogens with zero attached hydrogens (tertiary/aromatic N) is 2. The lowest BCUT2D eigenvalue weighted by Gasteiger charge is -2.31. The molecule has 0 radical (unpaired) electrons. The van der Waals surface area contributed by atoms with Gasteiger partial charge in [0.2, 0.25) is 0 Å². The highest BCUT2D eigenvalue weighted by atomic mass is 16.5. The van der Waals surface area contributed by atoms with Crippen LogP contribution in [0.3, 0.4) is 0 Å². The Kier molecular flexibility index (Phi) is 7.18. The first-order valence-electron chi connectivity index (χ1n) is 12.3. The second-order valence-corrected chi connectivity index (χ2v) is 8.96. The molecule has 5 rings (SSSR count). The van der Waals surface area contributed by atoms with Crippen LogP contribution in [0.4, 0.5) is 11.4 Å². The number of ether oxygens (including phenoxy) is 2. The molecule has 0 saturated heterocycles. The van der Waals surface area contributed by atoms with Crippen LogP contribution in [0.1, 0.15) is 24.0 Å². The third kappa shape index (κ3) is 5.60. The Bertz CT molecular complexity index is 1200. The molecule has 35 heavy (non-hydrogen) atoms. The number of anilines is 2. The van der Waals surface area contributed by atoms with E-state index in [4.69, 9.17) is 9.47 Å². The first-order chi connectivity index (χ1) is 17.3. The van der Waals surface area contributed by atoms with Crippen molar-refractivity contribution in [3.05, 3.63) is 126 Å². The van der Waals surface area contributed by atoms with E-state index >= 15 is 0 Å². The summed E-state index contributed by atoms with van der Waals surface area (Å²) in [4.78, 5) is 4.52. The zero-order valence-electron chi connectivity index (χ0n) is 20.1. The van der Waals surface area contributed by atoms with Crippen LogP contribution in [-0.4, -0.2) is 20.0 Å². The van der Waals surface area contributed by atoms with Crippen molar-refractivity contribution < 1.29 is 9.47 Å². The molecule has 4 heteroatoms. The van der Waals surface area contributed by atoms with Crippen molar-refractivity contribution in [2.24, 2.45) is 0 Å². The highest BCUT2D eigenvalue weighted by Crippen LogP contribution is 2.29. The van der Waals surface area contributed by atoms with Gasteiger partial charge >= 0.3 is 0 Å². The fourth-order valence-electron chi connectivity index (χ4n) is 4.61. The third-order valence-electron chi connectivity index (χ3n) is 6.47. The Morgan fingerprint density at radius 2 is 1.49 bits per heavy atom. The Balaban J connectivity index is 1.21. The van der Waals surface area contributed by atoms with Crippen LogP contribution in [0.5, 0.6) is 5.75 Å². The van der Waals surface area contributed by atoms with Crippen molar-refractivity contribution in [3.63, 3.8) is 0 Å². The fourth-order valence-corrected chi connectivity index (χ4v) is 4.61. The van der Waals surface area contributed by atoms with Crippen molar-refractivity contribution >= 4 is 11.4 Å². The van der Waals surface area contributed by atoms with Crippen molar-refractivity contribution in [3.8, 4) is 5.75 Å². The van der Waals surface area contributed by atoms with E-state index in [1.54, 1.807) is 0 Å². The second-order valence-electron chi connectivity index (χ2n) is 8.96. The molecule has 3 aromatic carbocycles. The van der Waals surface area contributed by atoms with Gasteiger partial charge in [0, 0.05) is 30.0 Å². The molecule has 2 heterocycles. The molecule has 3 aromatic rings. The van der Waals surface area contributed by atoms with Crippen LogP contribution in [0.15, 0.2) is 115 Å². The minimum Gasteiger partial charge on any atom is -0.473 e. The van der Waals surface area contributed by atoms with E-state index < -0.39 is 0 Å². The number of fused-ring (bicyclic) bond motifs is 1. The molecule has 0 aliphatic carbocycles. The number of allylic oxidation sites excluding steroid dienone is 3. The van der Waals surface area contributed by atoms with E-state index in [2.05, 4.69) is 95.3 Å². The van der Waals surface area contributed by atoms with Crippen LogP contribution < -0.4 is 14.5 Å². The maximum absolute atomic E-state index is 6.14. The Hall–Kier alpha value is -3.92. The summed E-state index contributed by atoms with van der Waals surface area (Å²) in [7, 11) is 0. The molecular weight excluding hydrogens is 432 g/mol. The molecule has 0 aromatic heterocycles. The molecule has 0 fully saturated rings. The lowest BCUT2D eigenvalue weighted by atomic mass is 10.0. The van der Waals surface area contributed by atoms with Crippen LogP contribution in [0.2, 0.25) is 0 Å². The number of hydrogen-bond acceptors (Lipinski definition) is 4. The molecule has 0 N–H and O–H groups in total. The van der Waals surface area contributed by atoms with E-state index in [1.807, 2.05) is 18.2 Å². The Morgan fingerprint density at radius 3 is 2.20 bits per heavy atom. The minimum absolute atomic E-state index is 0.563. The molecule has 2 aliphatic heterocycles. The molecule has 178 valence electrons. The highest BCUT2D eigenvalue weighted by Gasteiger charge is 2.19. The fraction of sp³-hybridized carbons (Fsp3) is 0.226. The van der Waals surface area contributed by atoms with Gasteiger partial charge in [0.25, 0.3) is 0 Å². The van der Waals surface area contributed by atoms with E-state index in [9.17, 15) is 0 Å². The Morgan fingerprint density at radius 1 is 0.800 bits per heavy atom. The summed E-state index contributed by atoms with van der Waals surface area (Å²) in [6.07, 6.45) is 9.08. The van der Waals surface area contributed by atoms with Crippen molar-refractivity contribution in [1.82, 2.24) is 0 Å². The SMILES string of the molecule is C=CCC1=C(/C=C\CCc2ccc3c(c2)CN(c2ccccc2)CO3)OCN(c2ccccc2)C1. The summed E-state index contributed by atoms with van der Waals surface area (Å²) in [5, 5.41) is 0. The normalized spacial score (nSPS) is 15.5. The van der Waals surface area contributed by atoms with Gasteiger partial charge in [0.05, 0.1) is 0 Å². The van der Waals surface area contributed by atoms with Gasteiger partial charge in [-0.15, -0.1) is 6.58 Å². The van der Waals surface area contributed by atoms with Gasteiger partial charge in [-0.05, 0) is 66.8 Å². The molecule has 0 bridgehead atoms. The molecule has 0 amide bonds. The molecule has 0 unspecified atom stereocenters. The molecule has 0 atom stereocenters. The highest BCUT2D eigenvalue weighted by molar-refractivity contribution is 5.51. The average molecular weight is 465 g/mol.